The van der Waals surface area contributed by atoms with Crippen molar-refractivity contribution >= 4 is 11.7 Å². The SMILES string of the molecule is CC(C)c1cnc(N)c(C(=O)NCc2ccc(F)c(F)c2)n1. The lowest BCUT2D eigenvalue weighted by Gasteiger charge is -2.10. The molecule has 0 atom stereocenters. The lowest BCUT2D eigenvalue weighted by molar-refractivity contribution is 0.0946. The molecule has 0 unspecified atom stereocenters. The van der Waals surface area contributed by atoms with Crippen molar-refractivity contribution in [3.63, 3.8) is 0 Å². The number of halogens is 2. The van der Waals surface area contributed by atoms with E-state index in [9.17, 15) is 13.6 Å². The summed E-state index contributed by atoms with van der Waals surface area (Å²) in [6, 6.07) is 3.41. The van der Waals surface area contributed by atoms with Gasteiger partial charge in [0.25, 0.3) is 5.91 Å². The second-order valence-corrected chi connectivity index (χ2v) is 5.11. The van der Waals surface area contributed by atoms with Crippen LogP contribution in [-0.2, 0) is 6.54 Å². The van der Waals surface area contributed by atoms with E-state index in [1.807, 2.05) is 13.8 Å². The molecule has 0 saturated carbocycles. The molecule has 2 aromatic rings. The predicted octanol–water partition coefficient (Wildman–Crippen LogP) is 2.39. The third-order valence-electron chi connectivity index (χ3n) is 3.06. The molecule has 116 valence electrons. The van der Waals surface area contributed by atoms with Crippen LogP contribution in [0, 0.1) is 11.6 Å². The van der Waals surface area contributed by atoms with Gasteiger partial charge >= 0.3 is 0 Å². The van der Waals surface area contributed by atoms with Gasteiger partial charge in [-0.3, -0.25) is 4.79 Å². The third kappa shape index (κ3) is 3.55. The highest BCUT2D eigenvalue weighted by Gasteiger charge is 2.15. The number of nitrogens with zero attached hydrogens (tertiary/aromatic N) is 2. The Bertz CT molecular complexity index is 704. The standard InChI is InChI=1S/C15H16F2N4O/c1-8(2)12-7-19-14(18)13(21-12)15(22)20-6-9-3-4-10(16)11(17)5-9/h3-5,7-8H,6H2,1-2H3,(H2,18,19)(H,20,22). The van der Waals surface area contributed by atoms with Crippen molar-refractivity contribution in [3.05, 3.63) is 53.0 Å². The van der Waals surface area contributed by atoms with Gasteiger partial charge in [0.1, 0.15) is 0 Å². The molecule has 0 aliphatic rings. The van der Waals surface area contributed by atoms with E-state index in [0.29, 0.717) is 11.3 Å². The van der Waals surface area contributed by atoms with Crippen LogP contribution in [-0.4, -0.2) is 15.9 Å². The van der Waals surface area contributed by atoms with E-state index in [2.05, 4.69) is 15.3 Å². The number of amides is 1. The Balaban J connectivity index is 2.12. The van der Waals surface area contributed by atoms with Crippen LogP contribution in [0.5, 0.6) is 0 Å². The van der Waals surface area contributed by atoms with E-state index in [-0.39, 0.29) is 24.0 Å². The minimum atomic E-state index is -0.965. The number of nitrogens with two attached hydrogens (primary N) is 1. The zero-order chi connectivity index (χ0) is 16.3. The van der Waals surface area contributed by atoms with E-state index in [4.69, 9.17) is 5.73 Å². The molecule has 1 aromatic heterocycles. The Morgan fingerprint density at radius 2 is 2.05 bits per heavy atom. The third-order valence-corrected chi connectivity index (χ3v) is 3.06. The van der Waals surface area contributed by atoms with Gasteiger partial charge < -0.3 is 11.1 Å². The van der Waals surface area contributed by atoms with Crippen LogP contribution in [0.1, 0.15) is 41.5 Å². The molecule has 1 amide bonds. The minimum absolute atomic E-state index is 0.0205. The summed E-state index contributed by atoms with van der Waals surface area (Å²) in [5.41, 5.74) is 6.76. The molecule has 1 aromatic carbocycles. The molecular formula is C15H16F2N4O. The van der Waals surface area contributed by atoms with E-state index in [1.165, 1.54) is 12.3 Å². The first-order valence-corrected chi connectivity index (χ1v) is 6.73. The number of benzene rings is 1. The maximum absolute atomic E-state index is 13.1. The molecular weight excluding hydrogens is 290 g/mol. The van der Waals surface area contributed by atoms with Gasteiger partial charge in [-0.1, -0.05) is 19.9 Å². The number of nitrogens with one attached hydrogen (secondary N) is 1. The van der Waals surface area contributed by atoms with Crippen LogP contribution in [0.4, 0.5) is 14.6 Å². The average Bonchev–Trinajstić information content (AvgIpc) is 2.48. The zero-order valence-electron chi connectivity index (χ0n) is 12.2. The number of aromatic nitrogens is 2. The first kappa shape index (κ1) is 15.8. The number of anilines is 1. The number of carbonyl (C=O) groups is 1. The summed E-state index contributed by atoms with van der Waals surface area (Å²) >= 11 is 0. The molecule has 0 bridgehead atoms. The largest absolute Gasteiger partial charge is 0.382 e. The Morgan fingerprint density at radius 3 is 2.68 bits per heavy atom. The lowest BCUT2D eigenvalue weighted by atomic mass is 10.1. The Labute approximate surface area is 126 Å². The fourth-order valence-electron chi connectivity index (χ4n) is 1.77. The number of nitrogen functional groups attached to an aromatic ring is 1. The topological polar surface area (TPSA) is 80.9 Å². The molecule has 0 saturated heterocycles. The molecule has 0 radical (unpaired) electrons. The summed E-state index contributed by atoms with van der Waals surface area (Å²) in [6.45, 7) is 3.87. The van der Waals surface area contributed by atoms with E-state index in [1.54, 1.807) is 0 Å². The molecule has 0 aliphatic heterocycles. The van der Waals surface area contributed by atoms with E-state index >= 15 is 0 Å². The van der Waals surface area contributed by atoms with Gasteiger partial charge in [0, 0.05) is 6.54 Å². The summed E-state index contributed by atoms with van der Waals surface area (Å²) in [6.07, 6.45) is 1.52. The number of carbonyl (C=O) groups excluding carboxylic acids is 1. The van der Waals surface area contributed by atoms with Gasteiger partial charge in [0.15, 0.2) is 23.1 Å². The molecule has 0 fully saturated rings. The molecule has 5 nitrogen and oxygen atoms in total. The number of hydrogen-bond acceptors (Lipinski definition) is 4. The maximum atomic E-state index is 13.1. The van der Waals surface area contributed by atoms with Crippen molar-refractivity contribution in [2.24, 2.45) is 0 Å². The fraction of sp³-hybridized carbons (Fsp3) is 0.267. The molecule has 22 heavy (non-hydrogen) atoms. The van der Waals surface area contributed by atoms with Crippen LogP contribution in [0.15, 0.2) is 24.4 Å². The summed E-state index contributed by atoms with van der Waals surface area (Å²) < 4.78 is 25.9. The van der Waals surface area contributed by atoms with Crippen molar-refractivity contribution in [2.75, 3.05) is 5.73 Å². The summed E-state index contributed by atoms with van der Waals surface area (Å²) in [7, 11) is 0. The highest BCUT2D eigenvalue weighted by Crippen LogP contribution is 2.14. The molecule has 3 N–H and O–H groups in total. The number of rotatable bonds is 4. The monoisotopic (exact) mass is 306 g/mol. The van der Waals surface area contributed by atoms with Crippen molar-refractivity contribution in [1.82, 2.24) is 15.3 Å². The normalized spacial score (nSPS) is 10.8. The van der Waals surface area contributed by atoms with Crippen molar-refractivity contribution < 1.29 is 13.6 Å². The summed E-state index contributed by atoms with van der Waals surface area (Å²) in [5.74, 6) is -2.29. The van der Waals surface area contributed by atoms with Crippen LogP contribution in [0.2, 0.25) is 0 Å². The van der Waals surface area contributed by atoms with Crippen LogP contribution < -0.4 is 11.1 Å². The second-order valence-electron chi connectivity index (χ2n) is 5.11. The van der Waals surface area contributed by atoms with Gasteiger partial charge in [-0.05, 0) is 23.6 Å². The zero-order valence-corrected chi connectivity index (χ0v) is 12.2. The summed E-state index contributed by atoms with van der Waals surface area (Å²) in [5, 5.41) is 2.56. The molecule has 0 spiro atoms. The minimum Gasteiger partial charge on any atom is -0.382 e. The average molecular weight is 306 g/mol. The first-order chi connectivity index (χ1) is 10.4. The maximum Gasteiger partial charge on any atom is 0.273 e. The lowest BCUT2D eigenvalue weighted by Crippen LogP contribution is -2.26. The van der Waals surface area contributed by atoms with Crippen LogP contribution >= 0.6 is 0 Å². The predicted molar refractivity (Wildman–Crippen MR) is 78.1 cm³/mol. The quantitative estimate of drug-likeness (QED) is 0.909. The van der Waals surface area contributed by atoms with Crippen LogP contribution in [0.25, 0.3) is 0 Å². The highest BCUT2D eigenvalue weighted by atomic mass is 19.2. The van der Waals surface area contributed by atoms with Gasteiger partial charge in [-0.15, -0.1) is 0 Å². The van der Waals surface area contributed by atoms with Crippen molar-refractivity contribution in [2.45, 2.75) is 26.3 Å². The van der Waals surface area contributed by atoms with E-state index < -0.39 is 17.5 Å². The van der Waals surface area contributed by atoms with Gasteiger partial charge in [0.2, 0.25) is 0 Å². The molecule has 7 heteroatoms. The smallest absolute Gasteiger partial charge is 0.273 e. The molecule has 1 heterocycles. The highest BCUT2D eigenvalue weighted by molar-refractivity contribution is 5.96. The van der Waals surface area contributed by atoms with E-state index in [0.717, 1.165) is 12.1 Å². The van der Waals surface area contributed by atoms with Crippen molar-refractivity contribution in [3.8, 4) is 0 Å². The van der Waals surface area contributed by atoms with Crippen molar-refractivity contribution in [1.29, 1.82) is 0 Å². The Kier molecular flexibility index (Phi) is 4.65. The molecule has 2 rings (SSSR count). The first-order valence-electron chi connectivity index (χ1n) is 6.73. The number of hydrogen-bond donors (Lipinski definition) is 2. The molecule has 0 aliphatic carbocycles. The van der Waals surface area contributed by atoms with Gasteiger partial charge in [-0.25, -0.2) is 18.7 Å². The van der Waals surface area contributed by atoms with Gasteiger partial charge in [-0.2, -0.15) is 0 Å². The van der Waals surface area contributed by atoms with Gasteiger partial charge in [0.05, 0.1) is 11.9 Å². The Hall–Kier alpha value is -2.57. The summed E-state index contributed by atoms with van der Waals surface area (Å²) in [4.78, 5) is 20.2. The second kappa shape index (κ2) is 6.46. The Morgan fingerprint density at radius 1 is 1.32 bits per heavy atom. The fourth-order valence-corrected chi connectivity index (χ4v) is 1.77. The van der Waals surface area contributed by atoms with Crippen LogP contribution in [0.3, 0.4) is 0 Å².